The lowest BCUT2D eigenvalue weighted by molar-refractivity contribution is -0.124. The zero-order chi connectivity index (χ0) is 41.0. The Morgan fingerprint density at radius 1 is 0.491 bits per heavy atom. The quantitative estimate of drug-likeness (QED) is 0.0731. The summed E-state index contributed by atoms with van der Waals surface area (Å²) in [6, 6.07) is -2.08. The maximum atomic E-state index is 13.2. The normalized spacial score (nSPS) is 13.7. The smallest absolute Gasteiger partial charge is 0.407 e. The molecule has 53 heavy (non-hydrogen) atoms. The molecule has 0 aliphatic carbocycles. The number of ether oxygens (including phenoxy) is 4. The molecule has 17 nitrogen and oxygen atoms in total. The molecule has 0 aromatic heterocycles. The van der Waals surface area contributed by atoms with Gasteiger partial charge in [0.2, 0.25) is 11.8 Å². The van der Waals surface area contributed by atoms with E-state index in [1.807, 2.05) is 0 Å². The van der Waals surface area contributed by atoms with Crippen LogP contribution in [0.2, 0.25) is 0 Å². The molecule has 8 N–H and O–H groups in total. The fourth-order valence-corrected chi connectivity index (χ4v) is 4.43. The summed E-state index contributed by atoms with van der Waals surface area (Å²) in [5.41, 5.74) is 3.46. The van der Waals surface area contributed by atoms with Crippen molar-refractivity contribution in [1.82, 2.24) is 31.9 Å². The number of carbonyl (C=O) groups excluding carboxylic acids is 6. The minimum atomic E-state index is -0.905. The number of nitrogens with two attached hydrogens (primary N) is 1. The van der Waals surface area contributed by atoms with Crippen molar-refractivity contribution >= 4 is 36.2 Å². The van der Waals surface area contributed by atoms with Gasteiger partial charge < -0.3 is 56.6 Å². The number of rotatable bonds is 19. The zero-order valence-electron chi connectivity index (χ0n) is 34.2. The number of hydrogen-bond donors (Lipinski definition) is 7. The summed E-state index contributed by atoms with van der Waals surface area (Å²) < 4.78 is 21.1. The molecule has 0 rings (SSSR count). The second-order valence-electron chi connectivity index (χ2n) is 16.9. The molecule has 308 valence electrons. The average Bonchev–Trinajstić information content (AvgIpc) is 2.94. The third-order valence-electron chi connectivity index (χ3n) is 6.54. The number of carbonyl (C=O) groups is 6. The van der Waals surface area contributed by atoms with Crippen molar-refractivity contribution in [3.63, 3.8) is 0 Å². The van der Waals surface area contributed by atoms with Gasteiger partial charge in [0, 0.05) is 44.7 Å². The predicted octanol–water partition coefficient (Wildman–Crippen LogP) is 4.11. The zero-order valence-corrected chi connectivity index (χ0v) is 34.2. The molecule has 0 fully saturated rings. The Hall–Kier alpha value is -4.02. The molecular formula is C36H69N7O10. The molecule has 0 unspecified atom stereocenters. The van der Waals surface area contributed by atoms with Crippen molar-refractivity contribution in [3.8, 4) is 0 Å². The van der Waals surface area contributed by atoms with E-state index in [4.69, 9.17) is 24.7 Å². The van der Waals surface area contributed by atoms with Crippen LogP contribution in [0.25, 0.3) is 0 Å². The SMILES string of the molecule is CC(C)(C)OC(=O)NCCC[C@@H](CNC(=O)C[C@H](CCCNC(=O)OC(C)(C)C)NC(=O)[C@@H](N)CCCNC(=O)OC(C)(C)C)NC(=O)OC(C)(C)C. The maximum absolute atomic E-state index is 13.2. The van der Waals surface area contributed by atoms with Crippen LogP contribution in [0.3, 0.4) is 0 Å². The molecule has 0 saturated heterocycles. The first-order valence-corrected chi connectivity index (χ1v) is 18.4. The first-order chi connectivity index (χ1) is 24.1. The molecule has 0 saturated carbocycles. The Balaban J connectivity index is 5.41. The van der Waals surface area contributed by atoms with Crippen molar-refractivity contribution in [2.75, 3.05) is 26.2 Å². The molecule has 0 aromatic carbocycles. The number of amides is 6. The van der Waals surface area contributed by atoms with Crippen LogP contribution in [-0.4, -0.2) is 103 Å². The Morgan fingerprint density at radius 3 is 1.25 bits per heavy atom. The van der Waals surface area contributed by atoms with Gasteiger partial charge in [-0.2, -0.15) is 0 Å². The van der Waals surface area contributed by atoms with Crippen molar-refractivity contribution in [3.05, 3.63) is 0 Å². The Labute approximate surface area is 316 Å². The second kappa shape index (κ2) is 22.9. The minimum absolute atomic E-state index is 0.0511. The predicted molar refractivity (Wildman–Crippen MR) is 201 cm³/mol. The fourth-order valence-electron chi connectivity index (χ4n) is 4.43. The van der Waals surface area contributed by atoms with Crippen molar-refractivity contribution in [2.24, 2.45) is 5.73 Å². The van der Waals surface area contributed by atoms with Crippen LogP contribution in [-0.2, 0) is 28.5 Å². The first kappa shape index (κ1) is 49.0. The highest BCUT2D eigenvalue weighted by Gasteiger charge is 2.24. The van der Waals surface area contributed by atoms with Gasteiger partial charge in [0.15, 0.2) is 0 Å². The van der Waals surface area contributed by atoms with Crippen LogP contribution in [0.4, 0.5) is 19.2 Å². The van der Waals surface area contributed by atoms with Gasteiger partial charge in [0.25, 0.3) is 0 Å². The molecule has 0 radical (unpaired) electrons. The van der Waals surface area contributed by atoms with Crippen LogP contribution in [0.5, 0.6) is 0 Å². The molecule has 0 aromatic rings. The molecule has 17 heteroatoms. The minimum Gasteiger partial charge on any atom is -0.444 e. The summed E-state index contributed by atoms with van der Waals surface area (Å²) >= 11 is 0. The number of hydrogen-bond acceptors (Lipinski definition) is 11. The van der Waals surface area contributed by atoms with Crippen LogP contribution < -0.4 is 37.6 Å². The van der Waals surface area contributed by atoms with Gasteiger partial charge in [0.05, 0.1) is 6.04 Å². The Kier molecular flexibility index (Phi) is 21.2. The van der Waals surface area contributed by atoms with Gasteiger partial charge in [-0.1, -0.05) is 0 Å². The fraction of sp³-hybridized carbons (Fsp3) is 0.833. The van der Waals surface area contributed by atoms with E-state index in [0.29, 0.717) is 32.1 Å². The van der Waals surface area contributed by atoms with Crippen LogP contribution in [0, 0.1) is 0 Å². The summed E-state index contributed by atoms with van der Waals surface area (Å²) in [6.07, 6.45) is -0.191. The van der Waals surface area contributed by atoms with Gasteiger partial charge in [-0.25, -0.2) is 19.2 Å². The van der Waals surface area contributed by atoms with E-state index in [9.17, 15) is 28.8 Å². The molecule has 3 atom stereocenters. The van der Waals surface area contributed by atoms with E-state index >= 15 is 0 Å². The van der Waals surface area contributed by atoms with E-state index in [2.05, 4.69) is 31.9 Å². The van der Waals surface area contributed by atoms with Gasteiger partial charge in [-0.3, -0.25) is 9.59 Å². The van der Waals surface area contributed by atoms with E-state index in [0.717, 1.165) is 0 Å². The van der Waals surface area contributed by atoms with Gasteiger partial charge in [-0.15, -0.1) is 0 Å². The average molecular weight is 760 g/mol. The van der Waals surface area contributed by atoms with Crippen molar-refractivity contribution < 1.29 is 47.7 Å². The van der Waals surface area contributed by atoms with E-state index in [-0.39, 0.29) is 39.0 Å². The largest absolute Gasteiger partial charge is 0.444 e. The lowest BCUT2D eigenvalue weighted by Gasteiger charge is -2.25. The lowest BCUT2D eigenvalue weighted by atomic mass is 10.0. The Bertz CT molecular complexity index is 1170. The summed E-state index contributed by atoms with van der Waals surface area (Å²) in [4.78, 5) is 74.8. The second-order valence-corrected chi connectivity index (χ2v) is 16.9. The molecule has 0 aliphatic heterocycles. The van der Waals surface area contributed by atoms with Gasteiger partial charge in [0.1, 0.15) is 22.4 Å². The van der Waals surface area contributed by atoms with Crippen molar-refractivity contribution in [1.29, 1.82) is 0 Å². The van der Waals surface area contributed by atoms with E-state index in [1.54, 1.807) is 83.1 Å². The molecule has 6 amide bonds. The standard InChI is InChI=1S/C36H69N7O10/c1-33(2,3)50-29(46)38-19-13-16-24(42-28(45)26(37)18-15-21-40-31(48)52-35(7,8)9)22-27(44)41-23-25(43-32(49)53-36(10,11)12)17-14-20-39-30(47)51-34(4,5)6/h24-26H,13-23,37H2,1-12H3,(H,38,46)(H,39,47)(H,40,48)(H,41,44)(H,42,45)(H,43,49)/t24-,25-,26-/m0/s1. The highest BCUT2D eigenvalue weighted by Crippen LogP contribution is 2.11. The third kappa shape index (κ3) is 30.2. The topological polar surface area (TPSA) is 238 Å². The molecule has 0 spiro atoms. The van der Waals surface area contributed by atoms with E-state index in [1.165, 1.54) is 0 Å². The summed E-state index contributed by atoms with van der Waals surface area (Å²) in [7, 11) is 0. The number of nitrogens with one attached hydrogen (secondary N) is 6. The van der Waals surface area contributed by atoms with Crippen molar-refractivity contribution in [2.45, 2.75) is 169 Å². The Morgan fingerprint density at radius 2 is 0.849 bits per heavy atom. The molecule has 0 aliphatic rings. The number of alkyl carbamates (subject to hydrolysis) is 4. The van der Waals surface area contributed by atoms with Crippen LogP contribution >= 0.6 is 0 Å². The third-order valence-corrected chi connectivity index (χ3v) is 6.54. The highest BCUT2D eigenvalue weighted by molar-refractivity contribution is 5.83. The summed E-state index contributed by atoms with van der Waals surface area (Å²) in [5.74, 6) is -0.865. The van der Waals surface area contributed by atoms with Crippen LogP contribution in [0.15, 0.2) is 0 Å². The molecular weight excluding hydrogens is 690 g/mol. The monoisotopic (exact) mass is 760 g/mol. The maximum Gasteiger partial charge on any atom is 0.407 e. The van der Waals surface area contributed by atoms with Gasteiger partial charge >= 0.3 is 24.4 Å². The van der Waals surface area contributed by atoms with E-state index < -0.39 is 76.7 Å². The molecule has 0 heterocycles. The van der Waals surface area contributed by atoms with Crippen LogP contribution in [0.1, 0.15) is 128 Å². The lowest BCUT2D eigenvalue weighted by Crippen LogP contribution is -2.49. The van der Waals surface area contributed by atoms with Gasteiger partial charge in [-0.05, 0) is 122 Å². The molecule has 0 bridgehead atoms. The summed E-state index contributed by atoms with van der Waals surface area (Å²) in [6.45, 7) is 21.8. The summed E-state index contributed by atoms with van der Waals surface area (Å²) in [5, 5.41) is 16.4. The highest BCUT2D eigenvalue weighted by atomic mass is 16.6. The first-order valence-electron chi connectivity index (χ1n) is 18.4.